The van der Waals surface area contributed by atoms with Gasteiger partial charge in [0.2, 0.25) is 15.8 Å². The number of nitrogens with zero attached hydrogens (tertiary/aromatic N) is 3. The highest BCUT2D eigenvalue weighted by molar-refractivity contribution is 7.89. The molecular formula is C19H22ClN3O3S2. The maximum Gasteiger partial charge on any atom is 0.268 e. The second-order valence-corrected chi connectivity index (χ2v) is 9.96. The minimum atomic E-state index is -3.55. The summed E-state index contributed by atoms with van der Waals surface area (Å²) in [5.41, 5.74) is 0.776. The average Bonchev–Trinajstić information content (AvgIpc) is 3.29. The molecule has 3 rings (SSSR count). The van der Waals surface area contributed by atoms with Crippen LogP contribution in [-0.2, 0) is 10.0 Å². The molecule has 150 valence electrons. The highest BCUT2D eigenvalue weighted by atomic mass is 35.5. The monoisotopic (exact) mass is 439 g/mol. The molecule has 0 radical (unpaired) electrons. The first-order chi connectivity index (χ1) is 13.4. The Morgan fingerprint density at radius 3 is 2.39 bits per heavy atom. The molecule has 0 unspecified atom stereocenters. The van der Waals surface area contributed by atoms with E-state index in [0.717, 1.165) is 18.4 Å². The first kappa shape index (κ1) is 21.0. The van der Waals surface area contributed by atoms with Crippen LogP contribution in [0.2, 0.25) is 5.02 Å². The van der Waals surface area contributed by atoms with E-state index in [0.29, 0.717) is 44.5 Å². The predicted octanol–water partition coefficient (Wildman–Crippen LogP) is 5.24. The first-order valence-electron chi connectivity index (χ1n) is 9.07. The zero-order valence-electron chi connectivity index (χ0n) is 16.0. The minimum Gasteiger partial charge on any atom is -0.333 e. The lowest BCUT2D eigenvalue weighted by molar-refractivity contribution is 0.410. The van der Waals surface area contributed by atoms with Crippen LogP contribution >= 0.6 is 22.9 Å². The Morgan fingerprint density at radius 1 is 1.14 bits per heavy atom. The lowest BCUT2D eigenvalue weighted by Gasteiger charge is -2.20. The van der Waals surface area contributed by atoms with Crippen LogP contribution in [0, 0.1) is 6.92 Å². The SMILES string of the molecule is CCCN(CCC)S(=O)(=O)c1cc(-c2nc(-c3ccc(Cl)cc3)no2)sc1C. The zero-order chi connectivity index (χ0) is 20.3. The fourth-order valence-electron chi connectivity index (χ4n) is 2.86. The van der Waals surface area contributed by atoms with E-state index in [4.69, 9.17) is 16.1 Å². The number of aromatic nitrogens is 2. The molecule has 0 spiro atoms. The summed E-state index contributed by atoms with van der Waals surface area (Å²) in [6.07, 6.45) is 1.53. The van der Waals surface area contributed by atoms with E-state index in [2.05, 4.69) is 10.1 Å². The van der Waals surface area contributed by atoms with Gasteiger partial charge >= 0.3 is 0 Å². The Kier molecular flexibility index (Phi) is 6.54. The normalized spacial score (nSPS) is 12.0. The van der Waals surface area contributed by atoms with Gasteiger partial charge in [-0.05, 0) is 50.1 Å². The number of rotatable bonds is 8. The van der Waals surface area contributed by atoms with Gasteiger partial charge in [-0.2, -0.15) is 9.29 Å². The molecule has 0 atom stereocenters. The van der Waals surface area contributed by atoms with Crippen LogP contribution < -0.4 is 0 Å². The van der Waals surface area contributed by atoms with Gasteiger partial charge in [0.1, 0.15) is 0 Å². The molecule has 28 heavy (non-hydrogen) atoms. The van der Waals surface area contributed by atoms with Crippen molar-refractivity contribution in [3.05, 3.63) is 40.2 Å². The van der Waals surface area contributed by atoms with Crippen molar-refractivity contribution in [3.8, 4) is 22.2 Å². The molecule has 0 aliphatic heterocycles. The molecule has 0 saturated carbocycles. The molecule has 0 N–H and O–H groups in total. The van der Waals surface area contributed by atoms with Gasteiger partial charge in [-0.15, -0.1) is 11.3 Å². The maximum atomic E-state index is 13.1. The van der Waals surface area contributed by atoms with Crippen molar-refractivity contribution in [1.29, 1.82) is 0 Å². The summed E-state index contributed by atoms with van der Waals surface area (Å²) in [4.78, 5) is 6.06. The van der Waals surface area contributed by atoms with Crippen LogP contribution in [0.25, 0.3) is 22.2 Å². The van der Waals surface area contributed by atoms with E-state index in [1.807, 2.05) is 13.8 Å². The Bertz CT molecular complexity index is 1040. The lowest BCUT2D eigenvalue weighted by atomic mass is 10.2. The van der Waals surface area contributed by atoms with Gasteiger partial charge in [0.15, 0.2) is 0 Å². The quantitative estimate of drug-likeness (QED) is 0.479. The lowest BCUT2D eigenvalue weighted by Crippen LogP contribution is -2.32. The molecule has 6 nitrogen and oxygen atoms in total. The Morgan fingerprint density at radius 2 is 1.79 bits per heavy atom. The molecule has 3 aromatic rings. The Balaban J connectivity index is 1.93. The summed E-state index contributed by atoms with van der Waals surface area (Å²) in [7, 11) is -3.55. The van der Waals surface area contributed by atoms with Crippen molar-refractivity contribution in [3.63, 3.8) is 0 Å². The second-order valence-electron chi connectivity index (χ2n) is 6.37. The highest BCUT2D eigenvalue weighted by Gasteiger charge is 2.28. The number of benzene rings is 1. The summed E-state index contributed by atoms with van der Waals surface area (Å²) in [6, 6.07) is 8.75. The predicted molar refractivity (Wildman–Crippen MR) is 112 cm³/mol. The van der Waals surface area contributed by atoms with Gasteiger partial charge in [0.05, 0.1) is 9.77 Å². The van der Waals surface area contributed by atoms with Crippen LogP contribution in [0.5, 0.6) is 0 Å². The molecular weight excluding hydrogens is 418 g/mol. The van der Waals surface area contributed by atoms with Crippen molar-refractivity contribution in [2.75, 3.05) is 13.1 Å². The molecule has 0 fully saturated rings. The van der Waals surface area contributed by atoms with Crippen LogP contribution in [0.4, 0.5) is 0 Å². The maximum absolute atomic E-state index is 13.1. The molecule has 9 heteroatoms. The highest BCUT2D eigenvalue weighted by Crippen LogP contribution is 2.35. The number of thiophene rings is 1. The third-order valence-electron chi connectivity index (χ3n) is 4.18. The smallest absolute Gasteiger partial charge is 0.268 e. The van der Waals surface area contributed by atoms with E-state index in [9.17, 15) is 8.42 Å². The third-order valence-corrected chi connectivity index (χ3v) is 7.62. The van der Waals surface area contributed by atoms with Crippen molar-refractivity contribution < 1.29 is 12.9 Å². The van der Waals surface area contributed by atoms with E-state index in [-0.39, 0.29) is 0 Å². The van der Waals surface area contributed by atoms with Crippen molar-refractivity contribution in [2.45, 2.75) is 38.5 Å². The number of halogens is 1. The second kappa shape index (κ2) is 8.73. The van der Waals surface area contributed by atoms with Crippen LogP contribution in [0.3, 0.4) is 0 Å². The Hall–Kier alpha value is -1.74. The molecule has 0 aliphatic rings. The minimum absolute atomic E-state index is 0.303. The van der Waals surface area contributed by atoms with Gasteiger partial charge in [-0.1, -0.05) is 30.6 Å². The largest absolute Gasteiger partial charge is 0.333 e. The van der Waals surface area contributed by atoms with E-state index in [1.165, 1.54) is 11.3 Å². The summed E-state index contributed by atoms with van der Waals surface area (Å²) in [6.45, 7) is 6.75. The fourth-order valence-corrected chi connectivity index (χ4v) is 6.09. The van der Waals surface area contributed by atoms with Gasteiger partial charge in [-0.3, -0.25) is 0 Å². The van der Waals surface area contributed by atoms with Crippen molar-refractivity contribution in [2.24, 2.45) is 0 Å². The van der Waals surface area contributed by atoms with E-state index < -0.39 is 10.0 Å². The zero-order valence-corrected chi connectivity index (χ0v) is 18.4. The van der Waals surface area contributed by atoms with Gasteiger partial charge in [-0.25, -0.2) is 8.42 Å². The van der Waals surface area contributed by atoms with Crippen LogP contribution in [0.1, 0.15) is 31.6 Å². The van der Waals surface area contributed by atoms with Gasteiger partial charge in [0.25, 0.3) is 5.89 Å². The molecule has 1 aromatic carbocycles. The summed E-state index contributed by atoms with van der Waals surface area (Å²) in [5, 5.41) is 4.63. The molecule has 0 amide bonds. The summed E-state index contributed by atoms with van der Waals surface area (Å²) < 4.78 is 33.1. The molecule has 2 heterocycles. The molecule has 2 aromatic heterocycles. The third kappa shape index (κ3) is 4.30. The molecule has 0 aliphatic carbocycles. The summed E-state index contributed by atoms with van der Waals surface area (Å²) in [5.74, 6) is 0.734. The Labute approximate surface area is 174 Å². The van der Waals surface area contributed by atoms with Crippen LogP contribution in [0.15, 0.2) is 39.8 Å². The number of aryl methyl sites for hydroxylation is 1. The number of sulfonamides is 1. The van der Waals surface area contributed by atoms with Crippen molar-refractivity contribution in [1.82, 2.24) is 14.4 Å². The molecule has 0 saturated heterocycles. The van der Waals surface area contributed by atoms with E-state index >= 15 is 0 Å². The number of hydrogen-bond acceptors (Lipinski definition) is 6. The van der Waals surface area contributed by atoms with Gasteiger partial charge < -0.3 is 4.52 Å². The summed E-state index contributed by atoms with van der Waals surface area (Å²) >= 11 is 7.25. The van der Waals surface area contributed by atoms with E-state index in [1.54, 1.807) is 41.6 Å². The number of hydrogen-bond donors (Lipinski definition) is 0. The van der Waals surface area contributed by atoms with Gasteiger partial charge in [0, 0.05) is 28.6 Å². The van der Waals surface area contributed by atoms with Crippen LogP contribution in [-0.4, -0.2) is 36.0 Å². The van der Waals surface area contributed by atoms with Crippen molar-refractivity contribution >= 4 is 33.0 Å². The fraction of sp³-hybridized carbons (Fsp3) is 0.368. The topological polar surface area (TPSA) is 76.3 Å². The standard InChI is InChI=1S/C19H22ClN3O3S2/c1-4-10-23(11-5-2)28(24,25)17-12-16(27-13(17)3)19-21-18(22-26-19)14-6-8-15(20)9-7-14/h6-9,12H,4-5,10-11H2,1-3H3. The molecule has 0 bridgehead atoms. The average molecular weight is 440 g/mol. The first-order valence-corrected chi connectivity index (χ1v) is 11.7.